The highest BCUT2D eigenvalue weighted by molar-refractivity contribution is 6.21. The first-order chi connectivity index (χ1) is 7.44. The van der Waals surface area contributed by atoms with Gasteiger partial charge in [-0.15, -0.1) is 11.6 Å². The topological polar surface area (TPSA) is 27.7 Å². The van der Waals surface area contributed by atoms with Crippen LogP contribution in [0, 0.1) is 0 Å². The van der Waals surface area contributed by atoms with E-state index in [1.807, 2.05) is 0 Å². The molecule has 0 saturated heterocycles. The summed E-state index contributed by atoms with van der Waals surface area (Å²) in [5.74, 6) is 0. The average Bonchev–Trinajstić information content (AvgIpc) is 2.17. The number of hydrogen-bond acceptors (Lipinski definition) is 3. The number of rotatable bonds is 6. The van der Waals surface area contributed by atoms with E-state index in [0.717, 1.165) is 0 Å². The van der Waals surface area contributed by atoms with Gasteiger partial charge in [0.15, 0.2) is 0 Å². The summed E-state index contributed by atoms with van der Waals surface area (Å²) in [5.41, 5.74) is 0. The van der Waals surface area contributed by atoms with Crippen LogP contribution in [0.1, 0.15) is 6.42 Å². The lowest BCUT2D eigenvalue weighted by atomic mass is 9.91. The molecule has 0 spiro atoms. The maximum absolute atomic E-state index is 11.9. The van der Waals surface area contributed by atoms with Crippen LogP contribution in [0.2, 0.25) is 0 Å². The monoisotopic (exact) mass is 262 g/mol. The van der Waals surface area contributed by atoms with Gasteiger partial charge in [0.25, 0.3) is 0 Å². The van der Waals surface area contributed by atoms with Crippen molar-refractivity contribution in [1.82, 2.24) is 0 Å². The molecule has 3 nitrogen and oxygen atoms in total. The standard InChI is InChI=1S/C9H14ClF3O3/c1-14-2-3-15-8-6(10)4-7(8)16-5-9(11,12)13/h6-8H,2-5H2,1H3. The smallest absolute Gasteiger partial charge is 0.382 e. The van der Waals surface area contributed by atoms with Crippen molar-refractivity contribution in [3.05, 3.63) is 0 Å². The lowest BCUT2D eigenvalue weighted by Gasteiger charge is -2.40. The van der Waals surface area contributed by atoms with Gasteiger partial charge in [0.1, 0.15) is 12.7 Å². The Morgan fingerprint density at radius 2 is 1.94 bits per heavy atom. The number of ether oxygens (including phenoxy) is 3. The van der Waals surface area contributed by atoms with Crippen LogP contribution in [0.3, 0.4) is 0 Å². The predicted molar refractivity (Wildman–Crippen MR) is 51.7 cm³/mol. The minimum atomic E-state index is -4.31. The van der Waals surface area contributed by atoms with E-state index in [9.17, 15) is 13.2 Å². The summed E-state index contributed by atoms with van der Waals surface area (Å²) < 4.78 is 50.4. The Morgan fingerprint density at radius 1 is 1.25 bits per heavy atom. The molecule has 0 aliphatic heterocycles. The lowest BCUT2D eigenvalue weighted by molar-refractivity contribution is -0.214. The molecule has 0 aromatic heterocycles. The van der Waals surface area contributed by atoms with Crippen molar-refractivity contribution in [2.75, 3.05) is 26.9 Å². The third kappa shape index (κ3) is 4.45. The Balaban J connectivity index is 2.22. The molecule has 0 bridgehead atoms. The number of hydrogen-bond donors (Lipinski definition) is 0. The van der Waals surface area contributed by atoms with Gasteiger partial charge in [0.05, 0.1) is 24.7 Å². The van der Waals surface area contributed by atoms with Gasteiger partial charge in [-0.2, -0.15) is 13.2 Å². The van der Waals surface area contributed by atoms with Crippen LogP contribution in [0.5, 0.6) is 0 Å². The molecule has 0 radical (unpaired) electrons. The molecule has 0 N–H and O–H groups in total. The van der Waals surface area contributed by atoms with Crippen LogP contribution >= 0.6 is 11.6 Å². The molecule has 3 unspecified atom stereocenters. The molecule has 1 saturated carbocycles. The van der Waals surface area contributed by atoms with Gasteiger partial charge in [-0.25, -0.2) is 0 Å². The number of halogens is 4. The van der Waals surface area contributed by atoms with Crippen molar-refractivity contribution in [3.63, 3.8) is 0 Å². The Hall–Kier alpha value is -0.0400. The molecular weight excluding hydrogens is 249 g/mol. The summed E-state index contributed by atoms with van der Waals surface area (Å²) in [7, 11) is 1.51. The van der Waals surface area contributed by atoms with Gasteiger partial charge in [-0.3, -0.25) is 0 Å². The van der Waals surface area contributed by atoms with Gasteiger partial charge in [-0.1, -0.05) is 0 Å². The third-order valence-corrected chi connectivity index (χ3v) is 2.67. The molecule has 16 heavy (non-hydrogen) atoms. The zero-order valence-electron chi connectivity index (χ0n) is 8.80. The summed E-state index contributed by atoms with van der Waals surface area (Å²) in [6.07, 6.45) is -4.97. The highest BCUT2D eigenvalue weighted by Crippen LogP contribution is 2.33. The molecule has 1 aliphatic carbocycles. The SMILES string of the molecule is COCCOC1C(Cl)CC1OCC(F)(F)F. The summed E-state index contributed by atoms with van der Waals surface area (Å²) in [4.78, 5) is 0. The van der Waals surface area contributed by atoms with Crippen LogP contribution in [0.4, 0.5) is 13.2 Å². The first-order valence-corrected chi connectivity index (χ1v) is 5.30. The second-order valence-corrected chi connectivity index (χ2v) is 4.11. The van der Waals surface area contributed by atoms with Crippen LogP contribution in [-0.2, 0) is 14.2 Å². The normalized spacial score (nSPS) is 30.2. The minimum absolute atomic E-state index is 0.282. The summed E-state index contributed by atoms with van der Waals surface area (Å²) in [6.45, 7) is -0.576. The predicted octanol–water partition coefficient (Wildman–Crippen LogP) is 1.98. The Bertz CT molecular complexity index is 213. The lowest BCUT2D eigenvalue weighted by Crippen LogP contribution is -2.52. The van der Waals surface area contributed by atoms with Gasteiger partial charge in [-0.05, 0) is 6.42 Å². The van der Waals surface area contributed by atoms with Crippen molar-refractivity contribution in [3.8, 4) is 0 Å². The Morgan fingerprint density at radius 3 is 2.44 bits per heavy atom. The van der Waals surface area contributed by atoms with E-state index in [2.05, 4.69) is 4.74 Å². The van der Waals surface area contributed by atoms with E-state index < -0.39 is 25.0 Å². The van der Waals surface area contributed by atoms with E-state index in [1.54, 1.807) is 0 Å². The highest BCUT2D eigenvalue weighted by atomic mass is 35.5. The van der Waals surface area contributed by atoms with E-state index in [-0.39, 0.29) is 5.38 Å². The molecule has 0 aromatic carbocycles. The molecule has 0 amide bonds. The molecule has 1 aliphatic rings. The third-order valence-electron chi connectivity index (χ3n) is 2.24. The molecule has 0 aromatic rings. The summed E-state index contributed by atoms with van der Waals surface area (Å²) in [5, 5.41) is -0.282. The summed E-state index contributed by atoms with van der Waals surface area (Å²) in [6, 6.07) is 0. The minimum Gasteiger partial charge on any atom is -0.382 e. The molecule has 1 rings (SSSR count). The van der Waals surface area contributed by atoms with E-state index in [4.69, 9.17) is 21.1 Å². The second kappa shape index (κ2) is 6.05. The molecule has 3 atom stereocenters. The Labute approximate surface area is 96.8 Å². The van der Waals surface area contributed by atoms with Gasteiger partial charge < -0.3 is 14.2 Å². The largest absolute Gasteiger partial charge is 0.411 e. The molecule has 96 valence electrons. The van der Waals surface area contributed by atoms with Crippen molar-refractivity contribution < 1.29 is 27.4 Å². The number of alkyl halides is 4. The van der Waals surface area contributed by atoms with Crippen LogP contribution < -0.4 is 0 Å². The molecule has 7 heteroatoms. The maximum atomic E-state index is 11.9. The van der Waals surface area contributed by atoms with Crippen molar-refractivity contribution in [1.29, 1.82) is 0 Å². The fraction of sp³-hybridized carbons (Fsp3) is 1.00. The van der Waals surface area contributed by atoms with Crippen LogP contribution in [-0.4, -0.2) is 50.7 Å². The van der Waals surface area contributed by atoms with E-state index >= 15 is 0 Å². The van der Waals surface area contributed by atoms with Gasteiger partial charge in [0.2, 0.25) is 0 Å². The molecule has 1 fully saturated rings. The highest BCUT2D eigenvalue weighted by Gasteiger charge is 2.43. The average molecular weight is 263 g/mol. The zero-order chi connectivity index (χ0) is 12.2. The second-order valence-electron chi connectivity index (χ2n) is 3.54. The molecular formula is C9H14ClF3O3. The van der Waals surface area contributed by atoms with Crippen LogP contribution in [0.25, 0.3) is 0 Å². The van der Waals surface area contributed by atoms with Gasteiger partial charge >= 0.3 is 6.18 Å². The quantitative estimate of drug-likeness (QED) is 0.541. The van der Waals surface area contributed by atoms with Gasteiger partial charge in [0, 0.05) is 7.11 Å². The molecule has 0 heterocycles. The first-order valence-electron chi connectivity index (χ1n) is 4.87. The van der Waals surface area contributed by atoms with Crippen molar-refractivity contribution in [2.45, 2.75) is 30.2 Å². The maximum Gasteiger partial charge on any atom is 0.411 e. The number of methoxy groups -OCH3 is 1. The van der Waals surface area contributed by atoms with E-state index in [1.165, 1.54) is 7.11 Å². The fourth-order valence-electron chi connectivity index (χ4n) is 1.37. The zero-order valence-corrected chi connectivity index (χ0v) is 9.55. The van der Waals surface area contributed by atoms with Crippen molar-refractivity contribution >= 4 is 11.6 Å². The summed E-state index contributed by atoms with van der Waals surface area (Å²) >= 11 is 5.81. The van der Waals surface area contributed by atoms with E-state index in [0.29, 0.717) is 19.6 Å². The van der Waals surface area contributed by atoms with Crippen LogP contribution in [0.15, 0.2) is 0 Å². The fourth-order valence-corrected chi connectivity index (χ4v) is 1.78. The Kier molecular flexibility index (Phi) is 5.30. The first kappa shape index (κ1) is 14.0. The van der Waals surface area contributed by atoms with Crippen molar-refractivity contribution in [2.24, 2.45) is 0 Å².